The molecule has 0 aliphatic rings. The van der Waals surface area contributed by atoms with E-state index in [0.29, 0.717) is 12.1 Å². The molecule has 4 rings (SSSR count). The van der Waals surface area contributed by atoms with E-state index in [4.69, 9.17) is 0 Å². The van der Waals surface area contributed by atoms with E-state index in [1.165, 1.54) is 0 Å². The zero-order valence-corrected chi connectivity index (χ0v) is 14.8. The molecule has 0 atom stereocenters. The molecule has 28 heavy (non-hydrogen) atoms. The van der Waals surface area contributed by atoms with Gasteiger partial charge in [-0.15, -0.1) is 10.2 Å². The molecule has 136 valence electrons. The second kappa shape index (κ2) is 7.60. The minimum Gasteiger partial charge on any atom is -0.508 e. The van der Waals surface area contributed by atoms with Crippen molar-refractivity contribution < 1.29 is 5.11 Å². The summed E-state index contributed by atoms with van der Waals surface area (Å²) in [7, 11) is 0. The maximum absolute atomic E-state index is 9.54. The molecule has 0 bridgehead atoms. The number of pyridine rings is 1. The average Bonchev–Trinajstić information content (AvgIpc) is 3.28. The van der Waals surface area contributed by atoms with Crippen LogP contribution in [0.4, 0.5) is 5.69 Å². The molecule has 0 saturated carbocycles. The number of hydrogen-bond donors (Lipinski definition) is 1. The molecule has 1 N–H and O–H groups in total. The van der Waals surface area contributed by atoms with Crippen molar-refractivity contribution in [1.82, 2.24) is 19.9 Å². The minimum atomic E-state index is 0.220. The van der Waals surface area contributed by atoms with Gasteiger partial charge in [-0.1, -0.05) is 12.1 Å². The fourth-order valence-electron chi connectivity index (χ4n) is 2.96. The number of aromatic hydroxyl groups is 1. The topological polar surface area (TPSA) is 90.9 Å². The molecule has 2 aromatic heterocycles. The normalized spacial score (nSPS) is 10.4. The Morgan fingerprint density at radius 2 is 1.68 bits per heavy atom. The van der Waals surface area contributed by atoms with Crippen LogP contribution >= 0.6 is 0 Å². The van der Waals surface area contributed by atoms with Gasteiger partial charge in [-0.05, 0) is 53.6 Å². The summed E-state index contributed by atoms with van der Waals surface area (Å²) in [6.45, 7) is 0.528. The summed E-state index contributed by atoms with van der Waals surface area (Å²) in [5.41, 5.74) is 4.20. The van der Waals surface area contributed by atoms with Crippen molar-refractivity contribution in [3.63, 3.8) is 0 Å². The number of anilines is 1. The summed E-state index contributed by atoms with van der Waals surface area (Å²) < 4.78 is 1.78. The van der Waals surface area contributed by atoms with Crippen molar-refractivity contribution in [3.05, 3.63) is 90.8 Å². The highest BCUT2D eigenvalue weighted by Crippen LogP contribution is 2.29. The van der Waals surface area contributed by atoms with Crippen molar-refractivity contribution in [1.29, 1.82) is 5.26 Å². The van der Waals surface area contributed by atoms with Crippen LogP contribution in [0.15, 0.2) is 79.6 Å². The number of rotatable bonds is 5. The molecule has 7 nitrogen and oxygen atoms in total. The highest BCUT2D eigenvalue weighted by molar-refractivity contribution is 5.74. The highest BCUT2D eigenvalue weighted by atomic mass is 16.3. The molecule has 2 aromatic carbocycles. The Kier molecular flexibility index (Phi) is 4.68. The van der Waals surface area contributed by atoms with Crippen LogP contribution in [-0.2, 0) is 6.54 Å². The first-order valence-corrected chi connectivity index (χ1v) is 8.59. The first-order valence-electron chi connectivity index (χ1n) is 8.59. The molecule has 2 heterocycles. The molecule has 7 heteroatoms. The van der Waals surface area contributed by atoms with Crippen LogP contribution in [-0.4, -0.2) is 25.0 Å². The molecule has 0 saturated heterocycles. The molecular formula is C21H16N6O. The third-order valence-electron chi connectivity index (χ3n) is 4.37. The first kappa shape index (κ1) is 17.2. The quantitative estimate of drug-likeness (QED) is 0.581. The molecular weight excluding hydrogens is 352 g/mol. The summed E-state index contributed by atoms with van der Waals surface area (Å²) in [5, 5.41) is 28.9. The highest BCUT2D eigenvalue weighted by Gasteiger charge is 2.14. The van der Waals surface area contributed by atoms with Crippen LogP contribution in [0.1, 0.15) is 11.1 Å². The van der Waals surface area contributed by atoms with Gasteiger partial charge < -0.3 is 5.11 Å². The summed E-state index contributed by atoms with van der Waals surface area (Å²) in [6.07, 6.45) is 6.64. The molecule has 0 aliphatic heterocycles. The fraction of sp³-hybridized carbons (Fsp3) is 0.0476. The van der Waals surface area contributed by atoms with Crippen LogP contribution < -0.4 is 5.01 Å². The van der Waals surface area contributed by atoms with Crippen LogP contribution in [0.2, 0.25) is 0 Å². The Labute approximate surface area is 161 Å². The number of hydrogen-bond acceptors (Lipinski definition) is 6. The fourth-order valence-corrected chi connectivity index (χ4v) is 2.96. The smallest absolute Gasteiger partial charge is 0.139 e. The average molecular weight is 368 g/mol. The van der Waals surface area contributed by atoms with Gasteiger partial charge >= 0.3 is 0 Å². The standard InChI is InChI=1S/C21H16N6O/c22-12-18-3-4-19(11-21(18)17-7-9-23-10-8-17)27(26-14-24-25-15-26)13-16-1-5-20(28)6-2-16/h1-11,14-15,28H,13H2. The number of aromatic nitrogens is 4. The predicted molar refractivity (Wildman–Crippen MR) is 104 cm³/mol. The van der Waals surface area contributed by atoms with E-state index in [-0.39, 0.29) is 5.75 Å². The van der Waals surface area contributed by atoms with Gasteiger partial charge in [0.05, 0.1) is 23.9 Å². The van der Waals surface area contributed by atoms with E-state index in [0.717, 1.165) is 22.4 Å². The Balaban J connectivity index is 1.78. The monoisotopic (exact) mass is 368 g/mol. The lowest BCUT2D eigenvalue weighted by Gasteiger charge is -2.26. The van der Waals surface area contributed by atoms with Crippen molar-refractivity contribution in [3.8, 4) is 22.9 Å². The summed E-state index contributed by atoms with van der Waals surface area (Å²) in [4.78, 5) is 4.05. The Morgan fingerprint density at radius 1 is 0.964 bits per heavy atom. The Morgan fingerprint density at radius 3 is 2.36 bits per heavy atom. The zero-order chi connectivity index (χ0) is 19.3. The van der Waals surface area contributed by atoms with Gasteiger partial charge in [-0.25, -0.2) is 4.68 Å². The van der Waals surface area contributed by atoms with Gasteiger partial charge in [-0.2, -0.15) is 5.26 Å². The number of nitriles is 1. The zero-order valence-electron chi connectivity index (χ0n) is 14.8. The van der Waals surface area contributed by atoms with Gasteiger partial charge in [0, 0.05) is 18.0 Å². The lowest BCUT2D eigenvalue weighted by Crippen LogP contribution is -2.27. The summed E-state index contributed by atoms with van der Waals surface area (Å²) >= 11 is 0. The largest absolute Gasteiger partial charge is 0.508 e. The second-order valence-corrected chi connectivity index (χ2v) is 6.14. The lowest BCUT2D eigenvalue weighted by atomic mass is 10.0. The van der Waals surface area contributed by atoms with Gasteiger partial charge in [0.1, 0.15) is 18.4 Å². The van der Waals surface area contributed by atoms with E-state index < -0.39 is 0 Å². The van der Waals surface area contributed by atoms with Gasteiger partial charge in [-0.3, -0.25) is 9.99 Å². The Hall–Kier alpha value is -4.18. The third kappa shape index (κ3) is 3.52. The number of phenols is 1. The lowest BCUT2D eigenvalue weighted by molar-refractivity contribution is 0.475. The summed E-state index contributed by atoms with van der Waals surface area (Å²) in [5.74, 6) is 0.220. The predicted octanol–water partition coefficient (Wildman–Crippen LogP) is 3.39. The minimum absolute atomic E-state index is 0.220. The maximum Gasteiger partial charge on any atom is 0.139 e. The number of nitrogens with zero attached hydrogens (tertiary/aromatic N) is 6. The van der Waals surface area contributed by atoms with E-state index in [2.05, 4.69) is 21.3 Å². The molecule has 0 unspecified atom stereocenters. The van der Waals surface area contributed by atoms with Gasteiger partial charge in [0.15, 0.2) is 0 Å². The van der Waals surface area contributed by atoms with Crippen molar-refractivity contribution >= 4 is 5.69 Å². The van der Waals surface area contributed by atoms with Crippen molar-refractivity contribution in [2.75, 3.05) is 5.01 Å². The van der Waals surface area contributed by atoms with Crippen molar-refractivity contribution in [2.45, 2.75) is 6.54 Å². The maximum atomic E-state index is 9.54. The molecule has 0 fully saturated rings. The van der Waals surface area contributed by atoms with E-state index in [1.807, 2.05) is 41.4 Å². The Bertz CT molecular complexity index is 1100. The van der Waals surface area contributed by atoms with E-state index in [1.54, 1.807) is 47.9 Å². The van der Waals surface area contributed by atoms with Gasteiger partial charge in [0.25, 0.3) is 0 Å². The van der Waals surface area contributed by atoms with Crippen LogP contribution in [0.25, 0.3) is 11.1 Å². The number of phenolic OH excluding ortho intramolecular Hbond substituents is 1. The summed E-state index contributed by atoms with van der Waals surface area (Å²) in [6, 6.07) is 18.7. The van der Waals surface area contributed by atoms with Crippen LogP contribution in [0.3, 0.4) is 0 Å². The first-order chi connectivity index (χ1) is 13.7. The van der Waals surface area contributed by atoms with E-state index in [9.17, 15) is 10.4 Å². The van der Waals surface area contributed by atoms with Gasteiger partial charge in [0.2, 0.25) is 0 Å². The van der Waals surface area contributed by atoms with Crippen molar-refractivity contribution in [2.24, 2.45) is 0 Å². The third-order valence-corrected chi connectivity index (χ3v) is 4.37. The second-order valence-electron chi connectivity index (χ2n) is 6.14. The molecule has 0 aliphatic carbocycles. The van der Waals surface area contributed by atoms with E-state index >= 15 is 0 Å². The molecule has 4 aromatic rings. The molecule has 0 spiro atoms. The van der Waals surface area contributed by atoms with Crippen LogP contribution in [0, 0.1) is 11.3 Å². The van der Waals surface area contributed by atoms with Crippen LogP contribution in [0.5, 0.6) is 5.75 Å². The molecule has 0 radical (unpaired) electrons. The molecule has 0 amide bonds. The SMILES string of the molecule is N#Cc1ccc(N(Cc2ccc(O)cc2)n2cnnc2)cc1-c1ccncc1. The number of benzene rings is 2.